The zero-order chi connectivity index (χ0) is 13.1. The Bertz CT molecular complexity index is 589. The second-order valence-electron chi connectivity index (χ2n) is 3.51. The average molecular weight is 282 g/mol. The molecule has 5 heteroatoms. The Balaban J connectivity index is 2.38. The van der Waals surface area contributed by atoms with E-state index in [1.54, 1.807) is 36.4 Å². The van der Waals surface area contributed by atoms with Crippen LogP contribution >= 0.6 is 23.2 Å². The lowest BCUT2D eigenvalue weighted by molar-refractivity contribution is -0.130. The van der Waals surface area contributed by atoms with E-state index in [9.17, 15) is 4.79 Å². The molecule has 1 aromatic carbocycles. The molecule has 2 rings (SSSR count). The van der Waals surface area contributed by atoms with Crippen LogP contribution in [0.2, 0.25) is 10.0 Å². The number of hydrogen-bond acceptors (Lipinski definition) is 3. The van der Waals surface area contributed by atoms with Crippen LogP contribution in [0, 0.1) is 0 Å². The van der Waals surface area contributed by atoms with E-state index in [0.29, 0.717) is 15.6 Å². The summed E-state index contributed by atoms with van der Waals surface area (Å²) in [7, 11) is 0. The van der Waals surface area contributed by atoms with Crippen LogP contribution in [0.25, 0.3) is 0 Å². The standard InChI is InChI=1S/C13H9Cl2NO2/c1-2-3-4-11-13(17)18-12(16-11)9-6-5-8(14)7-10(9)15/h2-7H,1H3/b3-2+,11-4+. The maximum absolute atomic E-state index is 11.5. The number of esters is 1. The number of carbonyl (C=O) groups is 1. The molecule has 1 heterocycles. The molecule has 0 radical (unpaired) electrons. The maximum Gasteiger partial charge on any atom is 0.363 e. The van der Waals surface area contributed by atoms with Crippen LogP contribution in [0.1, 0.15) is 12.5 Å². The minimum absolute atomic E-state index is 0.192. The largest absolute Gasteiger partial charge is 0.402 e. The number of carbonyl (C=O) groups excluding carboxylic acids is 1. The number of cyclic esters (lactones) is 1. The molecule has 0 unspecified atom stereocenters. The molecule has 1 aliphatic heterocycles. The average Bonchev–Trinajstić information content (AvgIpc) is 2.68. The molecule has 1 aromatic rings. The van der Waals surface area contributed by atoms with Crippen LogP contribution in [-0.2, 0) is 9.53 Å². The van der Waals surface area contributed by atoms with Crippen molar-refractivity contribution in [3.8, 4) is 0 Å². The molecule has 18 heavy (non-hydrogen) atoms. The van der Waals surface area contributed by atoms with E-state index in [4.69, 9.17) is 27.9 Å². The third kappa shape index (κ3) is 2.63. The fourth-order valence-corrected chi connectivity index (χ4v) is 1.88. The highest BCUT2D eigenvalue weighted by Crippen LogP contribution is 2.25. The van der Waals surface area contributed by atoms with Crippen LogP contribution in [0.15, 0.2) is 47.1 Å². The highest BCUT2D eigenvalue weighted by molar-refractivity contribution is 6.37. The quantitative estimate of drug-likeness (QED) is 0.612. The van der Waals surface area contributed by atoms with Gasteiger partial charge in [0.1, 0.15) is 0 Å². The van der Waals surface area contributed by atoms with E-state index in [1.165, 1.54) is 0 Å². The Kier molecular flexibility index (Phi) is 3.84. The summed E-state index contributed by atoms with van der Waals surface area (Å²) in [6.07, 6.45) is 5.09. The predicted molar refractivity (Wildman–Crippen MR) is 72.0 cm³/mol. The predicted octanol–water partition coefficient (Wildman–Crippen LogP) is 3.76. The first-order valence-electron chi connectivity index (χ1n) is 5.21. The first-order chi connectivity index (χ1) is 8.61. The lowest BCUT2D eigenvalue weighted by atomic mass is 10.2. The molecule has 3 nitrogen and oxygen atoms in total. The summed E-state index contributed by atoms with van der Waals surface area (Å²) in [5, 5.41) is 0.902. The fraction of sp³-hybridized carbons (Fsp3) is 0.0769. The summed E-state index contributed by atoms with van der Waals surface area (Å²) < 4.78 is 5.06. The number of nitrogens with zero attached hydrogens (tertiary/aromatic N) is 1. The third-order valence-corrected chi connectivity index (χ3v) is 2.78. The molecular weight excluding hydrogens is 273 g/mol. The fourth-order valence-electron chi connectivity index (χ4n) is 1.39. The zero-order valence-corrected chi connectivity index (χ0v) is 11.0. The number of allylic oxidation sites excluding steroid dienone is 3. The molecule has 0 atom stereocenters. The minimum Gasteiger partial charge on any atom is -0.402 e. The highest BCUT2D eigenvalue weighted by Gasteiger charge is 2.25. The molecule has 0 amide bonds. The summed E-state index contributed by atoms with van der Waals surface area (Å²) in [6, 6.07) is 4.89. The van der Waals surface area contributed by atoms with Gasteiger partial charge in [0.25, 0.3) is 0 Å². The molecule has 0 saturated heterocycles. The van der Waals surface area contributed by atoms with Crippen LogP contribution in [-0.4, -0.2) is 11.9 Å². The number of aliphatic imine (C=N–C) groups is 1. The van der Waals surface area contributed by atoms with Crippen LogP contribution < -0.4 is 0 Å². The normalized spacial score (nSPS) is 17.4. The van der Waals surface area contributed by atoms with Gasteiger partial charge >= 0.3 is 5.97 Å². The molecule has 1 aliphatic rings. The van der Waals surface area contributed by atoms with Crippen LogP contribution in [0.4, 0.5) is 0 Å². The first kappa shape index (κ1) is 12.9. The maximum atomic E-state index is 11.5. The molecule has 0 bridgehead atoms. The van der Waals surface area contributed by atoms with E-state index in [-0.39, 0.29) is 11.6 Å². The van der Waals surface area contributed by atoms with Crippen molar-refractivity contribution in [3.05, 3.63) is 57.7 Å². The van der Waals surface area contributed by atoms with Crippen molar-refractivity contribution in [3.63, 3.8) is 0 Å². The SMILES string of the molecule is C/C=C/C=C1/N=C(c2ccc(Cl)cc2Cl)OC1=O. The van der Waals surface area contributed by atoms with Crippen molar-refractivity contribution in [1.82, 2.24) is 0 Å². The van der Waals surface area contributed by atoms with Crippen molar-refractivity contribution in [2.45, 2.75) is 6.92 Å². The smallest absolute Gasteiger partial charge is 0.363 e. The molecule has 0 spiro atoms. The van der Waals surface area contributed by atoms with Gasteiger partial charge in [0, 0.05) is 5.02 Å². The summed E-state index contributed by atoms with van der Waals surface area (Å²) in [5.74, 6) is -0.300. The number of benzene rings is 1. The third-order valence-electron chi connectivity index (χ3n) is 2.23. The van der Waals surface area contributed by atoms with Crippen LogP contribution in [0.5, 0.6) is 0 Å². The Morgan fingerprint density at radius 2 is 2.11 bits per heavy atom. The Morgan fingerprint density at radius 3 is 2.78 bits per heavy atom. The molecule has 92 valence electrons. The number of halogens is 2. The Morgan fingerprint density at radius 1 is 1.33 bits per heavy atom. The van der Waals surface area contributed by atoms with Crippen molar-refractivity contribution in [1.29, 1.82) is 0 Å². The Labute approximate surface area is 114 Å². The first-order valence-corrected chi connectivity index (χ1v) is 5.96. The lowest BCUT2D eigenvalue weighted by Crippen LogP contribution is -2.05. The van der Waals surface area contributed by atoms with Crippen molar-refractivity contribution in [2.24, 2.45) is 4.99 Å². The summed E-state index contributed by atoms with van der Waals surface area (Å²) in [6.45, 7) is 1.85. The van der Waals surface area contributed by atoms with E-state index >= 15 is 0 Å². The minimum atomic E-state index is -0.492. The molecule has 0 N–H and O–H groups in total. The van der Waals surface area contributed by atoms with Gasteiger partial charge in [-0.25, -0.2) is 9.79 Å². The van der Waals surface area contributed by atoms with Gasteiger partial charge in [0.05, 0.1) is 10.6 Å². The van der Waals surface area contributed by atoms with Gasteiger partial charge in [0.15, 0.2) is 5.70 Å². The second kappa shape index (κ2) is 5.38. The topological polar surface area (TPSA) is 38.7 Å². The van der Waals surface area contributed by atoms with Crippen LogP contribution in [0.3, 0.4) is 0 Å². The molecule has 0 fully saturated rings. The number of hydrogen-bond donors (Lipinski definition) is 0. The van der Waals surface area contributed by atoms with Gasteiger partial charge in [-0.1, -0.05) is 35.4 Å². The molecule has 0 saturated carbocycles. The van der Waals surface area contributed by atoms with E-state index in [0.717, 1.165) is 0 Å². The van der Waals surface area contributed by atoms with Gasteiger partial charge in [0.2, 0.25) is 5.90 Å². The number of rotatable bonds is 2. The van der Waals surface area contributed by atoms with Gasteiger partial charge < -0.3 is 4.74 Å². The molecule has 0 aromatic heterocycles. The van der Waals surface area contributed by atoms with Crippen molar-refractivity contribution < 1.29 is 9.53 Å². The van der Waals surface area contributed by atoms with E-state index in [2.05, 4.69) is 4.99 Å². The van der Waals surface area contributed by atoms with E-state index in [1.807, 2.05) is 6.92 Å². The number of ether oxygens (including phenoxy) is 1. The Hall–Kier alpha value is -1.58. The summed E-state index contributed by atoms with van der Waals surface area (Å²) in [5.41, 5.74) is 0.785. The van der Waals surface area contributed by atoms with Gasteiger partial charge in [-0.05, 0) is 31.2 Å². The van der Waals surface area contributed by atoms with E-state index < -0.39 is 5.97 Å². The molecular formula is C13H9Cl2NO2. The second-order valence-corrected chi connectivity index (χ2v) is 4.35. The summed E-state index contributed by atoms with van der Waals surface area (Å²) in [4.78, 5) is 15.6. The van der Waals surface area contributed by atoms with Gasteiger partial charge in [-0.3, -0.25) is 0 Å². The highest BCUT2D eigenvalue weighted by atomic mass is 35.5. The molecule has 0 aliphatic carbocycles. The van der Waals surface area contributed by atoms with Gasteiger partial charge in [-0.15, -0.1) is 0 Å². The lowest BCUT2D eigenvalue weighted by Gasteiger charge is -2.02. The van der Waals surface area contributed by atoms with Gasteiger partial charge in [-0.2, -0.15) is 0 Å². The van der Waals surface area contributed by atoms with Crippen molar-refractivity contribution in [2.75, 3.05) is 0 Å². The zero-order valence-electron chi connectivity index (χ0n) is 9.48. The monoisotopic (exact) mass is 281 g/mol. The van der Waals surface area contributed by atoms with Crippen molar-refractivity contribution >= 4 is 35.1 Å². The summed E-state index contributed by atoms with van der Waals surface area (Å²) >= 11 is 11.8.